The molecule has 1 heterocycles. The van der Waals surface area contributed by atoms with Crippen LogP contribution in [0.4, 0.5) is 0 Å². The van der Waals surface area contributed by atoms with Gasteiger partial charge in [-0.25, -0.2) is 0 Å². The van der Waals surface area contributed by atoms with Crippen molar-refractivity contribution in [2.24, 2.45) is 0 Å². The van der Waals surface area contributed by atoms with Gasteiger partial charge in [0, 0.05) is 35.3 Å². The lowest BCUT2D eigenvalue weighted by molar-refractivity contribution is 0.0643. The Kier molecular flexibility index (Phi) is 6.45. The summed E-state index contributed by atoms with van der Waals surface area (Å²) in [6, 6.07) is 1.94. The fourth-order valence-corrected chi connectivity index (χ4v) is 2.31. The van der Waals surface area contributed by atoms with Crippen LogP contribution in [-0.2, 0) is 11.3 Å². The molecular formula is C10H14Br2N2O2. The minimum absolute atomic E-state index is 0.335. The Labute approximate surface area is 112 Å². The first kappa shape index (κ1) is 14.1. The van der Waals surface area contributed by atoms with Crippen LogP contribution in [0.3, 0.4) is 0 Å². The molecule has 2 N–H and O–H groups in total. The van der Waals surface area contributed by atoms with Gasteiger partial charge in [-0.15, -0.1) is 0 Å². The largest absolute Gasteiger partial charge is 0.389 e. The second-order valence-corrected chi connectivity index (χ2v) is 5.09. The molecule has 0 saturated heterocycles. The summed E-state index contributed by atoms with van der Waals surface area (Å²) in [6.45, 7) is 1.43. The van der Waals surface area contributed by atoms with Crippen LogP contribution in [0.1, 0.15) is 5.69 Å². The number of ether oxygens (including phenoxy) is 1. The zero-order valence-corrected chi connectivity index (χ0v) is 12.1. The van der Waals surface area contributed by atoms with Gasteiger partial charge in [0.1, 0.15) is 0 Å². The van der Waals surface area contributed by atoms with Crippen LogP contribution in [0.2, 0.25) is 0 Å². The van der Waals surface area contributed by atoms with Crippen molar-refractivity contribution in [1.82, 2.24) is 10.3 Å². The maximum absolute atomic E-state index is 9.41. The van der Waals surface area contributed by atoms with Gasteiger partial charge in [-0.2, -0.15) is 0 Å². The zero-order chi connectivity index (χ0) is 12.0. The first-order valence-electron chi connectivity index (χ1n) is 4.81. The van der Waals surface area contributed by atoms with Gasteiger partial charge in [0.25, 0.3) is 0 Å². The van der Waals surface area contributed by atoms with Gasteiger partial charge in [-0.1, -0.05) is 0 Å². The number of rotatable bonds is 6. The molecule has 1 aromatic heterocycles. The number of halogens is 2. The molecule has 0 saturated carbocycles. The van der Waals surface area contributed by atoms with E-state index in [-0.39, 0.29) is 0 Å². The third kappa shape index (κ3) is 4.88. The SMILES string of the molecule is COCC(O)CNCc1ncc(Br)cc1Br. The zero-order valence-electron chi connectivity index (χ0n) is 8.91. The molecule has 90 valence electrons. The molecule has 1 atom stereocenters. The highest BCUT2D eigenvalue weighted by molar-refractivity contribution is 9.11. The van der Waals surface area contributed by atoms with Crippen LogP contribution in [-0.4, -0.2) is 36.5 Å². The normalized spacial score (nSPS) is 12.8. The summed E-state index contributed by atoms with van der Waals surface area (Å²) in [6.07, 6.45) is 1.26. The van der Waals surface area contributed by atoms with Crippen LogP contribution < -0.4 is 5.32 Å². The van der Waals surface area contributed by atoms with Gasteiger partial charge in [0.15, 0.2) is 0 Å². The Balaban J connectivity index is 2.37. The molecule has 6 heteroatoms. The van der Waals surface area contributed by atoms with Crippen molar-refractivity contribution in [2.45, 2.75) is 12.6 Å². The van der Waals surface area contributed by atoms with Crippen molar-refractivity contribution in [3.05, 3.63) is 26.9 Å². The molecule has 0 bridgehead atoms. The van der Waals surface area contributed by atoms with E-state index in [2.05, 4.69) is 42.2 Å². The van der Waals surface area contributed by atoms with Gasteiger partial charge in [0.2, 0.25) is 0 Å². The summed E-state index contributed by atoms with van der Waals surface area (Å²) in [5.74, 6) is 0. The van der Waals surface area contributed by atoms with E-state index in [1.807, 2.05) is 6.07 Å². The van der Waals surface area contributed by atoms with E-state index in [0.29, 0.717) is 19.7 Å². The fraction of sp³-hybridized carbons (Fsp3) is 0.500. The number of pyridine rings is 1. The lowest BCUT2D eigenvalue weighted by Crippen LogP contribution is -2.30. The highest BCUT2D eigenvalue weighted by atomic mass is 79.9. The summed E-state index contributed by atoms with van der Waals surface area (Å²) in [4.78, 5) is 4.25. The van der Waals surface area contributed by atoms with Gasteiger partial charge in [-0.3, -0.25) is 4.98 Å². The van der Waals surface area contributed by atoms with Crippen molar-refractivity contribution in [2.75, 3.05) is 20.3 Å². The second-order valence-electron chi connectivity index (χ2n) is 3.32. The lowest BCUT2D eigenvalue weighted by Gasteiger charge is -2.11. The topological polar surface area (TPSA) is 54.4 Å². The summed E-state index contributed by atoms with van der Waals surface area (Å²) in [7, 11) is 1.57. The van der Waals surface area contributed by atoms with E-state index in [1.54, 1.807) is 13.3 Å². The number of hydrogen-bond acceptors (Lipinski definition) is 4. The van der Waals surface area contributed by atoms with E-state index in [0.717, 1.165) is 14.6 Å². The molecule has 1 aromatic rings. The number of nitrogens with zero attached hydrogens (tertiary/aromatic N) is 1. The lowest BCUT2D eigenvalue weighted by atomic mass is 10.3. The molecule has 0 fully saturated rings. The molecule has 1 unspecified atom stereocenters. The quantitative estimate of drug-likeness (QED) is 0.817. The summed E-state index contributed by atoms with van der Waals surface area (Å²) in [5.41, 5.74) is 0.910. The van der Waals surface area contributed by atoms with E-state index in [4.69, 9.17) is 4.74 Å². The van der Waals surface area contributed by atoms with Crippen molar-refractivity contribution in [1.29, 1.82) is 0 Å². The van der Waals surface area contributed by atoms with Crippen molar-refractivity contribution in [3.63, 3.8) is 0 Å². The van der Waals surface area contributed by atoms with Crippen molar-refractivity contribution >= 4 is 31.9 Å². The predicted molar refractivity (Wildman–Crippen MR) is 69.2 cm³/mol. The van der Waals surface area contributed by atoms with Gasteiger partial charge < -0.3 is 15.2 Å². The molecule has 0 aliphatic heterocycles. The highest BCUT2D eigenvalue weighted by Gasteiger charge is 2.05. The molecule has 16 heavy (non-hydrogen) atoms. The maximum atomic E-state index is 9.41. The van der Waals surface area contributed by atoms with Gasteiger partial charge in [0.05, 0.1) is 18.4 Å². The Morgan fingerprint density at radius 2 is 2.31 bits per heavy atom. The van der Waals surface area contributed by atoms with Crippen LogP contribution in [0.25, 0.3) is 0 Å². The molecule has 0 aromatic carbocycles. The summed E-state index contributed by atoms with van der Waals surface area (Å²) >= 11 is 6.76. The van der Waals surface area contributed by atoms with Crippen molar-refractivity contribution in [3.8, 4) is 0 Å². The Bertz CT molecular complexity index is 337. The third-order valence-electron chi connectivity index (χ3n) is 1.92. The first-order chi connectivity index (χ1) is 7.63. The van der Waals surface area contributed by atoms with E-state index in [1.165, 1.54) is 0 Å². The average molecular weight is 354 g/mol. The summed E-state index contributed by atoms with van der Waals surface area (Å²) in [5, 5.41) is 12.5. The molecule has 0 radical (unpaired) electrons. The van der Waals surface area contributed by atoms with Gasteiger partial charge in [-0.05, 0) is 37.9 Å². The molecular weight excluding hydrogens is 340 g/mol. The molecule has 0 amide bonds. The smallest absolute Gasteiger partial charge is 0.0897 e. The predicted octanol–water partition coefficient (Wildman–Crippen LogP) is 1.70. The van der Waals surface area contributed by atoms with E-state index in [9.17, 15) is 5.11 Å². The second kappa shape index (κ2) is 7.34. The Morgan fingerprint density at radius 3 is 2.94 bits per heavy atom. The highest BCUT2D eigenvalue weighted by Crippen LogP contribution is 2.19. The third-order valence-corrected chi connectivity index (χ3v) is 3.04. The van der Waals surface area contributed by atoms with Crippen LogP contribution in [0.15, 0.2) is 21.2 Å². The van der Waals surface area contributed by atoms with Gasteiger partial charge >= 0.3 is 0 Å². The number of methoxy groups -OCH3 is 1. The number of hydrogen-bond donors (Lipinski definition) is 2. The first-order valence-corrected chi connectivity index (χ1v) is 6.39. The minimum atomic E-state index is -0.487. The van der Waals surface area contributed by atoms with E-state index >= 15 is 0 Å². The molecule has 0 spiro atoms. The monoisotopic (exact) mass is 352 g/mol. The number of aliphatic hydroxyl groups excluding tert-OH is 1. The molecule has 1 rings (SSSR count). The number of aromatic nitrogens is 1. The summed E-state index contributed by atoms with van der Waals surface area (Å²) < 4.78 is 6.70. The maximum Gasteiger partial charge on any atom is 0.0897 e. The molecule has 0 aliphatic carbocycles. The molecule has 4 nitrogen and oxygen atoms in total. The van der Waals surface area contributed by atoms with Crippen LogP contribution in [0, 0.1) is 0 Å². The average Bonchev–Trinajstić information content (AvgIpc) is 2.22. The van der Waals surface area contributed by atoms with E-state index < -0.39 is 6.10 Å². The van der Waals surface area contributed by atoms with Crippen molar-refractivity contribution < 1.29 is 9.84 Å². The fourth-order valence-electron chi connectivity index (χ4n) is 1.18. The molecule has 0 aliphatic rings. The van der Waals surface area contributed by atoms with Crippen LogP contribution in [0.5, 0.6) is 0 Å². The Morgan fingerprint density at radius 1 is 1.56 bits per heavy atom. The minimum Gasteiger partial charge on any atom is -0.389 e. The van der Waals surface area contributed by atoms with Crippen LogP contribution >= 0.6 is 31.9 Å². The number of aliphatic hydroxyl groups is 1. The number of nitrogens with one attached hydrogen (secondary N) is 1. The standard InChI is InChI=1S/C10H14Br2N2O2/c1-16-6-8(15)4-13-5-10-9(12)2-7(11)3-14-10/h2-3,8,13,15H,4-6H2,1H3. The Hall–Kier alpha value is -0.0100.